The molecule has 0 aliphatic heterocycles. The van der Waals surface area contributed by atoms with E-state index in [-0.39, 0.29) is 6.61 Å². The molecule has 0 saturated heterocycles. The van der Waals surface area contributed by atoms with Crippen molar-refractivity contribution in [3.8, 4) is 5.82 Å². The fourth-order valence-electron chi connectivity index (χ4n) is 1.42. The third-order valence-electron chi connectivity index (χ3n) is 2.28. The first kappa shape index (κ1) is 9.86. The second-order valence-corrected chi connectivity index (χ2v) is 3.48. The van der Waals surface area contributed by atoms with Gasteiger partial charge in [0.25, 0.3) is 0 Å². The maximum absolute atomic E-state index is 9.06. The Labute approximate surface area is 88.2 Å². The van der Waals surface area contributed by atoms with E-state index in [2.05, 4.69) is 10.1 Å². The van der Waals surface area contributed by atoms with Crippen LogP contribution in [-0.4, -0.2) is 19.9 Å². The van der Waals surface area contributed by atoms with Gasteiger partial charge in [-0.25, -0.2) is 9.67 Å². The molecule has 1 N–H and O–H groups in total. The predicted molar refractivity (Wildman–Crippen MR) is 56.8 cm³/mol. The average Bonchev–Trinajstić information content (AvgIpc) is 2.60. The fourth-order valence-corrected chi connectivity index (χ4v) is 1.42. The van der Waals surface area contributed by atoms with Crippen molar-refractivity contribution in [1.29, 1.82) is 0 Å². The summed E-state index contributed by atoms with van der Waals surface area (Å²) in [5, 5.41) is 13.3. The molecular weight excluding hydrogens is 190 g/mol. The van der Waals surface area contributed by atoms with Crippen LogP contribution in [0.15, 0.2) is 24.4 Å². The average molecular weight is 203 g/mol. The first-order valence-electron chi connectivity index (χ1n) is 4.81. The Morgan fingerprint density at radius 3 is 2.73 bits per heavy atom. The van der Waals surface area contributed by atoms with E-state index in [1.165, 1.54) is 0 Å². The van der Waals surface area contributed by atoms with Gasteiger partial charge in [0.05, 0.1) is 12.3 Å². The minimum Gasteiger partial charge on any atom is -0.392 e. The first-order valence-corrected chi connectivity index (χ1v) is 4.81. The lowest BCUT2D eigenvalue weighted by molar-refractivity contribution is 0.281. The quantitative estimate of drug-likeness (QED) is 0.802. The van der Waals surface area contributed by atoms with Crippen LogP contribution >= 0.6 is 0 Å². The molecule has 0 bridgehead atoms. The van der Waals surface area contributed by atoms with Crippen molar-refractivity contribution in [3.63, 3.8) is 0 Å². The zero-order valence-corrected chi connectivity index (χ0v) is 8.81. The molecule has 2 aromatic heterocycles. The second kappa shape index (κ2) is 3.82. The predicted octanol–water partition coefficient (Wildman–Crippen LogP) is 1.38. The Morgan fingerprint density at radius 1 is 1.33 bits per heavy atom. The lowest BCUT2D eigenvalue weighted by Gasteiger charge is -2.00. The second-order valence-electron chi connectivity index (χ2n) is 3.48. The van der Waals surface area contributed by atoms with Crippen LogP contribution in [0.1, 0.15) is 17.0 Å². The molecular formula is C11H13N3O. The Balaban J connectivity index is 2.45. The van der Waals surface area contributed by atoms with Gasteiger partial charge in [-0.2, -0.15) is 5.10 Å². The van der Waals surface area contributed by atoms with Gasteiger partial charge in [0.1, 0.15) is 0 Å². The molecule has 0 amide bonds. The molecule has 0 fully saturated rings. The summed E-state index contributed by atoms with van der Waals surface area (Å²) in [4.78, 5) is 4.35. The van der Waals surface area contributed by atoms with Gasteiger partial charge in [-0.05, 0) is 26.0 Å². The summed E-state index contributed by atoms with van der Waals surface area (Å²) in [6.45, 7) is 3.82. The van der Waals surface area contributed by atoms with Gasteiger partial charge in [0, 0.05) is 17.5 Å². The van der Waals surface area contributed by atoms with Crippen molar-refractivity contribution in [2.24, 2.45) is 0 Å². The molecule has 0 unspecified atom stereocenters. The van der Waals surface area contributed by atoms with Crippen molar-refractivity contribution >= 4 is 0 Å². The summed E-state index contributed by atoms with van der Waals surface area (Å²) in [7, 11) is 0. The number of rotatable bonds is 2. The van der Waals surface area contributed by atoms with Crippen LogP contribution in [0.2, 0.25) is 0 Å². The molecule has 4 heteroatoms. The number of aromatic nitrogens is 3. The molecule has 15 heavy (non-hydrogen) atoms. The molecule has 2 aromatic rings. The number of hydrogen-bond donors (Lipinski definition) is 1. The SMILES string of the molecule is Cc1cccc(-n2cc(CO)c(C)n2)n1. The molecule has 0 aliphatic rings. The van der Waals surface area contributed by atoms with Gasteiger partial charge >= 0.3 is 0 Å². The largest absolute Gasteiger partial charge is 0.392 e. The summed E-state index contributed by atoms with van der Waals surface area (Å²) in [6, 6.07) is 5.76. The van der Waals surface area contributed by atoms with E-state index in [0.717, 1.165) is 22.8 Å². The molecule has 0 atom stereocenters. The van der Waals surface area contributed by atoms with E-state index in [4.69, 9.17) is 5.11 Å². The van der Waals surface area contributed by atoms with Gasteiger partial charge in [-0.1, -0.05) is 6.07 Å². The van der Waals surface area contributed by atoms with Gasteiger partial charge in [-0.15, -0.1) is 0 Å². The smallest absolute Gasteiger partial charge is 0.153 e. The van der Waals surface area contributed by atoms with E-state index in [1.807, 2.05) is 32.0 Å². The number of aryl methyl sites for hydroxylation is 2. The van der Waals surface area contributed by atoms with Gasteiger partial charge in [-0.3, -0.25) is 0 Å². The van der Waals surface area contributed by atoms with Crippen LogP contribution in [0, 0.1) is 13.8 Å². The van der Waals surface area contributed by atoms with Crippen LogP contribution in [-0.2, 0) is 6.61 Å². The summed E-state index contributed by atoms with van der Waals surface area (Å²) in [5.74, 6) is 0.776. The van der Waals surface area contributed by atoms with Crippen molar-refractivity contribution < 1.29 is 5.11 Å². The van der Waals surface area contributed by atoms with Gasteiger partial charge in [0.2, 0.25) is 0 Å². The summed E-state index contributed by atoms with van der Waals surface area (Å²) in [6.07, 6.45) is 1.80. The minimum absolute atomic E-state index is 0.0116. The van der Waals surface area contributed by atoms with E-state index in [0.29, 0.717) is 0 Å². The number of nitrogens with zero attached hydrogens (tertiary/aromatic N) is 3. The zero-order chi connectivity index (χ0) is 10.8. The minimum atomic E-state index is 0.0116. The molecule has 0 aliphatic carbocycles. The number of aliphatic hydroxyl groups excluding tert-OH is 1. The maximum atomic E-state index is 9.06. The monoisotopic (exact) mass is 203 g/mol. The fraction of sp³-hybridized carbons (Fsp3) is 0.273. The highest BCUT2D eigenvalue weighted by atomic mass is 16.3. The van der Waals surface area contributed by atoms with E-state index < -0.39 is 0 Å². The van der Waals surface area contributed by atoms with Gasteiger partial charge < -0.3 is 5.11 Å². The Hall–Kier alpha value is -1.68. The highest BCUT2D eigenvalue weighted by Crippen LogP contribution is 2.10. The Morgan fingerprint density at radius 2 is 2.13 bits per heavy atom. The molecule has 2 rings (SSSR count). The third kappa shape index (κ3) is 1.89. The van der Waals surface area contributed by atoms with Gasteiger partial charge in [0.15, 0.2) is 5.82 Å². The van der Waals surface area contributed by atoms with Crippen LogP contribution in [0.25, 0.3) is 5.82 Å². The summed E-state index contributed by atoms with van der Waals surface area (Å²) >= 11 is 0. The standard InChI is InChI=1S/C11H13N3O/c1-8-4-3-5-11(12-8)14-6-10(7-15)9(2)13-14/h3-6,15H,7H2,1-2H3. The van der Waals surface area contributed by atoms with E-state index >= 15 is 0 Å². The van der Waals surface area contributed by atoms with E-state index in [1.54, 1.807) is 10.9 Å². The normalized spacial score (nSPS) is 10.6. The molecule has 0 aromatic carbocycles. The molecule has 0 spiro atoms. The van der Waals surface area contributed by atoms with Crippen LogP contribution < -0.4 is 0 Å². The Kier molecular flexibility index (Phi) is 2.51. The summed E-state index contributed by atoms with van der Waals surface area (Å²) in [5.41, 5.74) is 2.62. The van der Waals surface area contributed by atoms with Crippen LogP contribution in [0.4, 0.5) is 0 Å². The molecule has 0 saturated carbocycles. The first-order chi connectivity index (χ1) is 7.20. The molecule has 0 radical (unpaired) electrons. The maximum Gasteiger partial charge on any atom is 0.153 e. The van der Waals surface area contributed by atoms with Crippen molar-refractivity contribution in [3.05, 3.63) is 41.3 Å². The zero-order valence-electron chi connectivity index (χ0n) is 8.81. The van der Waals surface area contributed by atoms with Crippen LogP contribution in [0.3, 0.4) is 0 Å². The highest BCUT2D eigenvalue weighted by molar-refractivity contribution is 5.26. The third-order valence-corrected chi connectivity index (χ3v) is 2.28. The topological polar surface area (TPSA) is 50.9 Å². The van der Waals surface area contributed by atoms with Crippen molar-refractivity contribution in [2.45, 2.75) is 20.5 Å². The van der Waals surface area contributed by atoms with Crippen LogP contribution in [0.5, 0.6) is 0 Å². The van der Waals surface area contributed by atoms with E-state index in [9.17, 15) is 0 Å². The Bertz CT molecular complexity index is 476. The number of pyridine rings is 1. The van der Waals surface area contributed by atoms with Crippen molar-refractivity contribution in [1.82, 2.24) is 14.8 Å². The molecule has 2 heterocycles. The number of aliphatic hydroxyl groups is 1. The summed E-state index contributed by atoms with van der Waals surface area (Å²) < 4.78 is 1.69. The van der Waals surface area contributed by atoms with Crippen molar-refractivity contribution in [2.75, 3.05) is 0 Å². The number of hydrogen-bond acceptors (Lipinski definition) is 3. The lowest BCUT2D eigenvalue weighted by Crippen LogP contribution is -1.98. The highest BCUT2D eigenvalue weighted by Gasteiger charge is 2.05. The molecule has 4 nitrogen and oxygen atoms in total. The lowest BCUT2D eigenvalue weighted by atomic mass is 10.3. The molecule has 78 valence electrons.